The number of hydrogen-bond acceptors (Lipinski definition) is 3. The zero-order valence-electron chi connectivity index (χ0n) is 10.6. The third-order valence-corrected chi connectivity index (χ3v) is 3.14. The van der Waals surface area contributed by atoms with Crippen molar-refractivity contribution in [2.24, 2.45) is 0 Å². The van der Waals surface area contributed by atoms with Crippen molar-refractivity contribution in [3.8, 4) is 5.75 Å². The molecule has 5 heteroatoms. The molecule has 0 aromatic heterocycles. The predicted octanol–water partition coefficient (Wildman–Crippen LogP) is 2.02. The van der Waals surface area contributed by atoms with Gasteiger partial charge in [0.1, 0.15) is 5.75 Å². The second kappa shape index (κ2) is 7.38. The molecule has 0 saturated carbocycles. The van der Waals surface area contributed by atoms with Crippen LogP contribution in [0.5, 0.6) is 5.75 Å². The van der Waals surface area contributed by atoms with Crippen LogP contribution in [-0.4, -0.2) is 30.3 Å². The Kier molecular flexibility index (Phi) is 6.15. The highest BCUT2D eigenvalue weighted by Gasteiger charge is 2.10. The number of nitrogens with one attached hydrogen (secondary N) is 1. The van der Waals surface area contributed by atoms with E-state index in [4.69, 9.17) is 9.84 Å². The van der Waals surface area contributed by atoms with Gasteiger partial charge in [-0.3, -0.25) is 4.79 Å². The summed E-state index contributed by atoms with van der Waals surface area (Å²) in [5.74, 6) is 0.399. The summed E-state index contributed by atoms with van der Waals surface area (Å²) >= 11 is 3.38. The number of ether oxygens (including phenoxy) is 1. The molecule has 2 N–H and O–H groups in total. The molecule has 0 fully saturated rings. The maximum Gasteiger partial charge on any atom is 0.258 e. The summed E-state index contributed by atoms with van der Waals surface area (Å²) in [6, 6.07) is 5.45. The first kappa shape index (κ1) is 15.0. The lowest BCUT2D eigenvalue weighted by atomic mass is 10.2. The van der Waals surface area contributed by atoms with Crippen LogP contribution in [0.1, 0.15) is 18.9 Å². The van der Waals surface area contributed by atoms with Crippen molar-refractivity contribution in [1.82, 2.24) is 5.32 Å². The monoisotopic (exact) mass is 315 g/mol. The number of benzene rings is 1. The standard InChI is InChI=1S/C13H18BrNO3/c1-3-10(7-16)15-13(17)8-18-12-5-4-9(2)6-11(12)14/h4-6,10,16H,3,7-8H2,1-2H3,(H,15,17). The number of halogens is 1. The van der Waals surface area contributed by atoms with Crippen LogP contribution in [0, 0.1) is 6.92 Å². The molecule has 0 aliphatic heterocycles. The minimum Gasteiger partial charge on any atom is -0.483 e. The Morgan fingerprint density at radius 3 is 2.83 bits per heavy atom. The van der Waals surface area contributed by atoms with Crippen LogP contribution in [0.4, 0.5) is 0 Å². The topological polar surface area (TPSA) is 58.6 Å². The molecule has 0 aliphatic rings. The Morgan fingerprint density at radius 2 is 2.28 bits per heavy atom. The Balaban J connectivity index is 2.47. The number of aliphatic hydroxyl groups excluding tert-OH is 1. The van der Waals surface area contributed by atoms with Crippen LogP contribution >= 0.6 is 15.9 Å². The van der Waals surface area contributed by atoms with E-state index in [0.29, 0.717) is 12.2 Å². The third-order valence-electron chi connectivity index (χ3n) is 2.52. The highest BCUT2D eigenvalue weighted by Crippen LogP contribution is 2.25. The first-order valence-electron chi connectivity index (χ1n) is 5.86. The van der Waals surface area contributed by atoms with Crippen molar-refractivity contribution in [3.63, 3.8) is 0 Å². The van der Waals surface area contributed by atoms with E-state index in [2.05, 4.69) is 21.2 Å². The van der Waals surface area contributed by atoms with Gasteiger partial charge in [0.2, 0.25) is 0 Å². The highest BCUT2D eigenvalue weighted by molar-refractivity contribution is 9.10. The Hall–Kier alpha value is -1.07. The number of carbonyl (C=O) groups is 1. The van der Waals surface area contributed by atoms with Gasteiger partial charge in [0, 0.05) is 0 Å². The predicted molar refractivity (Wildman–Crippen MR) is 73.7 cm³/mol. The first-order valence-corrected chi connectivity index (χ1v) is 6.65. The van der Waals surface area contributed by atoms with E-state index in [1.165, 1.54) is 0 Å². The Labute approximate surface area is 115 Å². The maximum atomic E-state index is 11.6. The largest absolute Gasteiger partial charge is 0.483 e. The molecular formula is C13H18BrNO3. The van der Waals surface area contributed by atoms with Gasteiger partial charge in [-0.1, -0.05) is 13.0 Å². The molecule has 18 heavy (non-hydrogen) atoms. The molecule has 4 nitrogen and oxygen atoms in total. The lowest BCUT2D eigenvalue weighted by Gasteiger charge is -2.14. The molecule has 1 atom stereocenters. The molecule has 1 aromatic rings. The molecule has 1 aromatic carbocycles. The quantitative estimate of drug-likeness (QED) is 0.844. The summed E-state index contributed by atoms with van der Waals surface area (Å²) in [5.41, 5.74) is 1.12. The van der Waals surface area contributed by atoms with Gasteiger partial charge in [-0.2, -0.15) is 0 Å². The van der Waals surface area contributed by atoms with Gasteiger partial charge in [-0.15, -0.1) is 0 Å². The van der Waals surface area contributed by atoms with Gasteiger partial charge in [0.25, 0.3) is 5.91 Å². The lowest BCUT2D eigenvalue weighted by molar-refractivity contribution is -0.124. The zero-order valence-corrected chi connectivity index (χ0v) is 12.2. The van der Waals surface area contributed by atoms with Gasteiger partial charge in [-0.25, -0.2) is 0 Å². The van der Waals surface area contributed by atoms with Crippen molar-refractivity contribution in [2.75, 3.05) is 13.2 Å². The van der Waals surface area contributed by atoms with Crippen LogP contribution in [0.3, 0.4) is 0 Å². The number of hydrogen-bond donors (Lipinski definition) is 2. The number of rotatable bonds is 6. The van der Waals surface area contributed by atoms with E-state index in [-0.39, 0.29) is 25.2 Å². The zero-order chi connectivity index (χ0) is 13.5. The summed E-state index contributed by atoms with van der Waals surface area (Å²) < 4.78 is 6.23. The Morgan fingerprint density at radius 1 is 1.56 bits per heavy atom. The van der Waals surface area contributed by atoms with Crippen molar-refractivity contribution in [2.45, 2.75) is 26.3 Å². The minimum absolute atomic E-state index is 0.0574. The maximum absolute atomic E-state index is 11.6. The average Bonchev–Trinajstić information content (AvgIpc) is 2.35. The van der Waals surface area contributed by atoms with Crippen LogP contribution in [0.25, 0.3) is 0 Å². The van der Waals surface area contributed by atoms with E-state index in [9.17, 15) is 4.79 Å². The van der Waals surface area contributed by atoms with Gasteiger partial charge in [-0.05, 0) is 47.0 Å². The van der Waals surface area contributed by atoms with E-state index >= 15 is 0 Å². The molecule has 0 heterocycles. The van der Waals surface area contributed by atoms with Crippen LogP contribution < -0.4 is 10.1 Å². The summed E-state index contributed by atoms with van der Waals surface area (Å²) in [6.45, 7) is 3.77. The van der Waals surface area contributed by atoms with Crippen molar-refractivity contribution < 1.29 is 14.6 Å². The van der Waals surface area contributed by atoms with E-state index in [1.807, 2.05) is 32.0 Å². The fourth-order valence-electron chi connectivity index (χ4n) is 1.41. The molecule has 1 rings (SSSR count). The second-order valence-corrected chi connectivity index (χ2v) is 4.93. The van der Waals surface area contributed by atoms with E-state index < -0.39 is 0 Å². The van der Waals surface area contributed by atoms with Crippen LogP contribution in [0.15, 0.2) is 22.7 Å². The number of aliphatic hydroxyl groups is 1. The minimum atomic E-state index is -0.233. The average molecular weight is 316 g/mol. The SMILES string of the molecule is CCC(CO)NC(=O)COc1ccc(C)cc1Br. The first-order chi connectivity index (χ1) is 8.56. The fourth-order valence-corrected chi connectivity index (χ4v) is 2.02. The summed E-state index contributed by atoms with van der Waals surface area (Å²) in [6.07, 6.45) is 0.691. The number of carbonyl (C=O) groups excluding carboxylic acids is 1. The molecule has 1 amide bonds. The van der Waals surface area contributed by atoms with Gasteiger partial charge in [0.05, 0.1) is 17.1 Å². The van der Waals surface area contributed by atoms with Crippen LogP contribution in [0.2, 0.25) is 0 Å². The molecule has 0 saturated heterocycles. The molecule has 0 bridgehead atoms. The van der Waals surface area contributed by atoms with Gasteiger partial charge < -0.3 is 15.2 Å². The molecule has 0 radical (unpaired) electrons. The summed E-state index contributed by atoms with van der Waals surface area (Å²) in [5, 5.41) is 11.7. The van der Waals surface area contributed by atoms with Gasteiger partial charge >= 0.3 is 0 Å². The summed E-state index contributed by atoms with van der Waals surface area (Å²) in [7, 11) is 0. The van der Waals surface area contributed by atoms with Crippen LogP contribution in [-0.2, 0) is 4.79 Å². The normalized spacial score (nSPS) is 12.0. The number of aryl methyl sites for hydroxylation is 1. The van der Waals surface area contributed by atoms with Crippen molar-refractivity contribution >= 4 is 21.8 Å². The smallest absolute Gasteiger partial charge is 0.258 e. The van der Waals surface area contributed by atoms with E-state index in [1.54, 1.807) is 0 Å². The lowest BCUT2D eigenvalue weighted by Crippen LogP contribution is -2.39. The molecule has 1 unspecified atom stereocenters. The molecular weight excluding hydrogens is 298 g/mol. The van der Waals surface area contributed by atoms with Gasteiger partial charge in [0.15, 0.2) is 6.61 Å². The van der Waals surface area contributed by atoms with E-state index in [0.717, 1.165) is 10.0 Å². The third kappa shape index (κ3) is 4.66. The molecule has 0 spiro atoms. The Bertz CT molecular complexity index is 405. The number of amides is 1. The molecule has 0 aliphatic carbocycles. The van der Waals surface area contributed by atoms with Crippen molar-refractivity contribution in [1.29, 1.82) is 0 Å². The van der Waals surface area contributed by atoms with Crippen molar-refractivity contribution in [3.05, 3.63) is 28.2 Å². The molecule has 100 valence electrons. The second-order valence-electron chi connectivity index (χ2n) is 4.08. The highest BCUT2D eigenvalue weighted by atomic mass is 79.9. The fraction of sp³-hybridized carbons (Fsp3) is 0.462. The summed E-state index contributed by atoms with van der Waals surface area (Å²) in [4.78, 5) is 11.6.